The van der Waals surface area contributed by atoms with E-state index in [1.54, 1.807) is 12.1 Å². The molecule has 0 fully saturated rings. The summed E-state index contributed by atoms with van der Waals surface area (Å²) >= 11 is 0. The number of methoxy groups -OCH3 is 1. The molecule has 5 nitrogen and oxygen atoms in total. The minimum absolute atomic E-state index is 0.222. The molecule has 1 rings (SSSR count). The molecule has 1 aromatic rings. The van der Waals surface area contributed by atoms with Crippen LogP contribution in [0.2, 0.25) is 0 Å². The molecule has 0 aromatic heterocycles. The Morgan fingerprint density at radius 3 is 2.90 bits per heavy atom. The Labute approximate surface area is 119 Å². The highest BCUT2D eigenvalue weighted by Gasteiger charge is 2.02. The lowest BCUT2D eigenvalue weighted by Crippen LogP contribution is -2.32. The quantitative estimate of drug-likeness (QED) is 0.432. The van der Waals surface area contributed by atoms with Crippen molar-refractivity contribution < 1.29 is 13.9 Å². The zero-order valence-electron chi connectivity index (χ0n) is 12.0. The average Bonchev–Trinajstić information content (AvgIpc) is 2.45. The number of ether oxygens (including phenoxy) is 2. The number of nitrogens with one attached hydrogen (secondary N) is 1. The van der Waals surface area contributed by atoms with Crippen LogP contribution >= 0.6 is 0 Å². The second-order valence-corrected chi connectivity index (χ2v) is 4.15. The fourth-order valence-electron chi connectivity index (χ4n) is 1.58. The topological polar surface area (TPSA) is 68.9 Å². The normalized spacial score (nSPS) is 11.4. The first kappa shape index (κ1) is 16.2. The van der Waals surface area contributed by atoms with Gasteiger partial charge in [0.1, 0.15) is 0 Å². The predicted molar refractivity (Wildman–Crippen MR) is 77.4 cm³/mol. The van der Waals surface area contributed by atoms with Crippen LogP contribution in [0, 0.1) is 5.82 Å². The number of hydrogen-bond acceptors (Lipinski definition) is 3. The van der Waals surface area contributed by atoms with E-state index in [0.717, 1.165) is 12.0 Å². The number of hydrogen-bond donors (Lipinski definition) is 2. The Balaban J connectivity index is 2.36. The summed E-state index contributed by atoms with van der Waals surface area (Å²) in [6.07, 6.45) is 0.862. The van der Waals surface area contributed by atoms with Gasteiger partial charge in [-0.15, -0.1) is 0 Å². The molecule has 0 saturated heterocycles. The van der Waals surface area contributed by atoms with Crippen molar-refractivity contribution in [2.75, 3.05) is 26.9 Å². The maximum absolute atomic E-state index is 13.5. The Morgan fingerprint density at radius 1 is 1.45 bits per heavy atom. The number of benzene rings is 1. The fourth-order valence-corrected chi connectivity index (χ4v) is 1.58. The molecule has 0 aliphatic carbocycles. The molecular weight excluding hydrogens is 261 g/mol. The predicted octanol–water partition coefficient (Wildman–Crippen LogP) is 1.67. The van der Waals surface area contributed by atoms with Gasteiger partial charge in [-0.3, -0.25) is 0 Å². The maximum atomic E-state index is 13.5. The highest BCUT2D eigenvalue weighted by molar-refractivity contribution is 5.77. The maximum Gasteiger partial charge on any atom is 0.188 e. The Bertz CT molecular complexity index is 438. The van der Waals surface area contributed by atoms with Gasteiger partial charge in [0.25, 0.3) is 0 Å². The molecule has 0 bridgehead atoms. The van der Waals surface area contributed by atoms with Gasteiger partial charge in [-0.05, 0) is 31.0 Å². The summed E-state index contributed by atoms with van der Waals surface area (Å²) in [5, 5.41) is 2.98. The number of aliphatic imine (C=N–C) groups is 1. The monoisotopic (exact) mass is 283 g/mol. The summed E-state index contributed by atoms with van der Waals surface area (Å²) in [6.45, 7) is 4.39. The second-order valence-electron chi connectivity index (χ2n) is 4.15. The lowest BCUT2D eigenvalue weighted by Gasteiger charge is -2.06. The van der Waals surface area contributed by atoms with Crippen molar-refractivity contribution in [3.05, 3.63) is 29.6 Å². The molecular formula is C14H22FN3O2. The number of halogens is 1. The second kappa shape index (κ2) is 9.14. The van der Waals surface area contributed by atoms with Crippen LogP contribution in [0.4, 0.5) is 4.39 Å². The van der Waals surface area contributed by atoms with E-state index in [2.05, 4.69) is 10.3 Å². The van der Waals surface area contributed by atoms with Gasteiger partial charge in [-0.1, -0.05) is 6.07 Å². The van der Waals surface area contributed by atoms with Crippen LogP contribution in [-0.4, -0.2) is 32.8 Å². The van der Waals surface area contributed by atoms with Gasteiger partial charge in [0, 0.05) is 19.8 Å². The molecule has 1 aromatic carbocycles. The van der Waals surface area contributed by atoms with E-state index in [4.69, 9.17) is 15.2 Å². The number of rotatable bonds is 8. The van der Waals surface area contributed by atoms with Gasteiger partial charge in [-0.25, -0.2) is 9.38 Å². The van der Waals surface area contributed by atoms with Crippen molar-refractivity contribution in [2.24, 2.45) is 10.7 Å². The van der Waals surface area contributed by atoms with Crippen molar-refractivity contribution in [1.29, 1.82) is 0 Å². The van der Waals surface area contributed by atoms with Crippen molar-refractivity contribution in [1.82, 2.24) is 5.32 Å². The summed E-state index contributed by atoms with van der Waals surface area (Å²) in [7, 11) is 1.43. The Kier molecular flexibility index (Phi) is 7.42. The number of guanidine groups is 1. The van der Waals surface area contributed by atoms with Crippen LogP contribution in [0.25, 0.3) is 0 Å². The van der Waals surface area contributed by atoms with E-state index in [9.17, 15) is 4.39 Å². The summed E-state index contributed by atoms with van der Waals surface area (Å²) in [6, 6.07) is 4.73. The lowest BCUT2D eigenvalue weighted by atomic mass is 10.2. The minimum atomic E-state index is -0.400. The van der Waals surface area contributed by atoms with Gasteiger partial charge in [0.2, 0.25) is 0 Å². The minimum Gasteiger partial charge on any atom is -0.494 e. The summed E-state index contributed by atoms with van der Waals surface area (Å²) in [5.41, 5.74) is 6.45. The van der Waals surface area contributed by atoms with Crippen LogP contribution in [-0.2, 0) is 11.3 Å². The molecule has 0 radical (unpaired) electrons. The van der Waals surface area contributed by atoms with Gasteiger partial charge in [-0.2, -0.15) is 0 Å². The van der Waals surface area contributed by atoms with Crippen molar-refractivity contribution in [3.63, 3.8) is 0 Å². The number of nitrogens with zero attached hydrogens (tertiary/aromatic N) is 1. The molecule has 0 unspecified atom stereocenters. The first-order chi connectivity index (χ1) is 9.67. The third kappa shape index (κ3) is 5.88. The molecule has 3 N–H and O–H groups in total. The molecule has 6 heteroatoms. The van der Waals surface area contributed by atoms with Crippen LogP contribution in [0.1, 0.15) is 18.9 Å². The fraction of sp³-hybridized carbons (Fsp3) is 0.500. The van der Waals surface area contributed by atoms with Crippen LogP contribution in [0.5, 0.6) is 5.75 Å². The molecule has 0 aliphatic rings. The van der Waals surface area contributed by atoms with E-state index in [-0.39, 0.29) is 5.75 Å². The molecule has 0 aliphatic heterocycles. The molecule has 0 amide bonds. The Hall–Kier alpha value is -1.82. The van der Waals surface area contributed by atoms with Gasteiger partial charge < -0.3 is 20.5 Å². The third-order valence-electron chi connectivity index (χ3n) is 2.62. The summed E-state index contributed by atoms with van der Waals surface area (Å²) < 4.78 is 23.5. The van der Waals surface area contributed by atoms with E-state index >= 15 is 0 Å². The van der Waals surface area contributed by atoms with E-state index < -0.39 is 5.82 Å². The van der Waals surface area contributed by atoms with Crippen molar-refractivity contribution in [2.45, 2.75) is 19.9 Å². The van der Waals surface area contributed by atoms with E-state index in [0.29, 0.717) is 32.3 Å². The summed E-state index contributed by atoms with van der Waals surface area (Å²) in [5.74, 6) is 0.168. The molecule has 0 atom stereocenters. The van der Waals surface area contributed by atoms with E-state index in [1.165, 1.54) is 13.2 Å². The smallest absolute Gasteiger partial charge is 0.188 e. The first-order valence-corrected chi connectivity index (χ1v) is 6.61. The molecule has 112 valence electrons. The highest BCUT2D eigenvalue weighted by Crippen LogP contribution is 2.17. The SMILES string of the molecule is CCOCCCNC(N)=NCc1ccc(OC)c(F)c1. The van der Waals surface area contributed by atoms with Crippen LogP contribution < -0.4 is 15.8 Å². The zero-order chi connectivity index (χ0) is 14.8. The largest absolute Gasteiger partial charge is 0.494 e. The van der Waals surface area contributed by atoms with E-state index in [1.807, 2.05) is 6.92 Å². The van der Waals surface area contributed by atoms with Crippen LogP contribution in [0.15, 0.2) is 23.2 Å². The summed E-state index contributed by atoms with van der Waals surface area (Å²) in [4.78, 5) is 4.14. The zero-order valence-corrected chi connectivity index (χ0v) is 12.0. The molecule has 0 spiro atoms. The van der Waals surface area contributed by atoms with Crippen molar-refractivity contribution in [3.8, 4) is 5.75 Å². The first-order valence-electron chi connectivity index (χ1n) is 6.61. The molecule has 20 heavy (non-hydrogen) atoms. The third-order valence-corrected chi connectivity index (χ3v) is 2.62. The standard InChI is InChI=1S/C14H22FN3O2/c1-3-20-8-4-7-17-14(16)18-10-11-5-6-13(19-2)12(15)9-11/h5-6,9H,3-4,7-8,10H2,1-2H3,(H3,16,17,18). The molecule has 0 saturated carbocycles. The highest BCUT2D eigenvalue weighted by atomic mass is 19.1. The van der Waals surface area contributed by atoms with Gasteiger partial charge in [0.05, 0.1) is 13.7 Å². The van der Waals surface area contributed by atoms with Gasteiger partial charge >= 0.3 is 0 Å². The molecule has 0 heterocycles. The average molecular weight is 283 g/mol. The van der Waals surface area contributed by atoms with Crippen LogP contribution in [0.3, 0.4) is 0 Å². The Morgan fingerprint density at radius 2 is 2.25 bits per heavy atom. The lowest BCUT2D eigenvalue weighted by molar-refractivity contribution is 0.145. The van der Waals surface area contributed by atoms with Gasteiger partial charge in [0.15, 0.2) is 17.5 Å². The number of nitrogens with two attached hydrogens (primary N) is 1. The van der Waals surface area contributed by atoms with Crippen molar-refractivity contribution >= 4 is 5.96 Å².